The van der Waals surface area contributed by atoms with E-state index in [1.807, 2.05) is 12.3 Å². The van der Waals surface area contributed by atoms with Gasteiger partial charge in [0.05, 0.1) is 23.1 Å². The lowest BCUT2D eigenvalue weighted by molar-refractivity contribution is 0.553. The predicted molar refractivity (Wildman–Crippen MR) is 82.4 cm³/mol. The molecule has 104 valence electrons. The molecule has 3 N–H and O–H groups in total. The lowest BCUT2D eigenvalue weighted by Gasteiger charge is -2.29. The summed E-state index contributed by atoms with van der Waals surface area (Å²) in [6.45, 7) is 11.0. The Labute approximate surface area is 115 Å². The third-order valence-corrected chi connectivity index (χ3v) is 3.10. The number of benzene rings is 1. The number of nitrogens with zero attached hydrogens (tertiary/aromatic N) is 2. The first-order valence-corrected chi connectivity index (χ1v) is 6.95. The van der Waals surface area contributed by atoms with Crippen molar-refractivity contribution in [3.05, 3.63) is 18.3 Å². The highest BCUT2D eigenvalue weighted by Gasteiger charge is 2.14. The van der Waals surface area contributed by atoms with Crippen LogP contribution in [-0.2, 0) is 0 Å². The second-order valence-electron chi connectivity index (χ2n) is 6.06. The van der Waals surface area contributed by atoms with E-state index < -0.39 is 0 Å². The van der Waals surface area contributed by atoms with Crippen LogP contribution in [0.1, 0.15) is 27.7 Å². The zero-order valence-corrected chi connectivity index (χ0v) is 12.3. The first-order chi connectivity index (χ1) is 8.97. The lowest BCUT2D eigenvalue weighted by Crippen LogP contribution is -2.31. The number of H-pyrrole nitrogens is 1. The average Bonchev–Trinajstić information content (AvgIpc) is 2.72. The summed E-state index contributed by atoms with van der Waals surface area (Å²) in [5, 5.41) is 8.15. The van der Waals surface area contributed by atoms with Gasteiger partial charge in [0.1, 0.15) is 0 Å². The molecule has 1 aromatic carbocycles. The summed E-state index contributed by atoms with van der Waals surface area (Å²) in [7, 11) is 0. The van der Waals surface area contributed by atoms with Gasteiger partial charge in [-0.15, -0.1) is 0 Å². The van der Waals surface area contributed by atoms with Crippen LogP contribution in [0.4, 0.5) is 11.4 Å². The summed E-state index contributed by atoms with van der Waals surface area (Å²) in [5.74, 6) is 1.21. The van der Waals surface area contributed by atoms with Crippen LogP contribution in [0, 0.1) is 11.8 Å². The second-order valence-corrected chi connectivity index (χ2v) is 6.06. The van der Waals surface area contributed by atoms with E-state index in [0.717, 1.165) is 35.4 Å². The zero-order chi connectivity index (χ0) is 14.0. The van der Waals surface area contributed by atoms with Crippen LogP contribution in [-0.4, -0.2) is 23.3 Å². The highest BCUT2D eigenvalue weighted by Crippen LogP contribution is 2.29. The molecule has 0 spiro atoms. The van der Waals surface area contributed by atoms with Crippen LogP contribution in [0.25, 0.3) is 10.9 Å². The highest BCUT2D eigenvalue weighted by molar-refractivity contribution is 5.88. The summed E-state index contributed by atoms with van der Waals surface area (Å²) in [5.41, 5.74) is 9.20. The van der Waals surface area contributed by atoms with E-state index in [2.05, 4.69) is 48.9 Å². The molecule has 0 atom stereocenters. The van der Waals surface area contributed by atoms with E-state index in [4.69, 9.17) is 5.73 Å². The largest absolute Gasteiger partial charge is 0.397 e. The molecule has 0 saturated carbocycles. The number of nitrogens with one attached hydrogen (secondary N) is 1. The monoisotopic (exact) mass is 260 g/mol. The minimum Gasteiger partial charge on any atom is -0.397 e. The van der Waals surface area contributed by atoms with Crippen molar-refractivity contribution >= 4 is 22.3 Å². The molecule has 0 bridgehead atoms. The fourth-order valence-electron chi connectivity index (χ4n) is 2.42. The maximum atomic E-state index is 6.21. The topological polar surface area (TPSA) is 57.9 Å². The van der Waals surface area contributed by atoms with Crippen molar-refractivity contribution in [2.45, 2.75) is 27.7 Å². The fourth-order valence-corrected chi connectivity index (χ4v) is 2.42. The summed E-state index contributed by atoms with van der Waals surface area (Å²) in [4.78, 5) is 2.38. The summed E-state index contributed by atoms with van der Waals surface area (Å²) >= 11 is 0. The molecule has 2 aromatic rings. The molecular formula is C15H24N4. The van der Waals surface area contributed by atoms with Crippen LogP contribution >= 0.6 is 0 Å². The molecule has 0 aliphatic heterocycles. The number of nitrogens with two attached hydrogens (primary N) is 1. The van der Waals surface area contributed by atoms with E-state index >= 15 is 0 Å². The molecular weight excluding hydrogens is 236 g/mol. The molecule has 19 heavy (non-hydrogen) atoms. The summed E-state index contributed by atoms with van der Waals surface area (Å²) in [6.07, 6.45) is 1.81. The van der Waals surface area contributed by atoms with Crippen molar-refractivity contribution in [3.63, 3.8) is 0 Å². The summed E-state index contributed by atoms with van der Waals surface area (Å²) in [6, 6.07) is 4.12. The molecule has 2 rings (SSSR count). The quantitative estimate of drug-likeness (QED) is 0.811. The van der Waals surface area contributed by atoms with Crippen molar-refractivity contribution in [2.75, 3.05) is 23.7 Å². The number of nitrogen functional groups attached to an aromatic ring is 1. The van der Waals surface area contributed by atoms with Gasteiger partial charge >= 0.3 is 0 Å². The van der Waals surface area contributed by atoms with E-state index in [1.54, 1.807) is 0 Å². The van der Waals surface area contributed by atoms with E-state index in [0.29, 0.717) is 11.8 Å². The van der Waals surface area contributed by atoms with Crippen molar-refractivity contribution in [3.8, 4) is 0 Å². The molecule has 0 amide bonds. The average molecular weight is 260 g/mol. The van der Waals surface area contributed by atoms with Gasteiger partial charge in [-0.05, 0) is 24.0 Å². The Hall–Kier alpha value is -1.71. The molecule has 0 saturated heterocycles. The normalized spacial score (nSPS) is 11.7. The number of aromatic amines is 1. The van der Waals surface area contributed by atoms with Gasteiger partial charge in [0.25, 0.3) is 0 Å². The van der Waals surface area contributed by atoms with Crippen LogP contribution in [0.5, 0.6) is 0 Å². The lowest BCUT2D eigenvalue weighted by atomic mass is 10.1. The molecule has 0 aliphatic carbocycles. The van der Waals surface area contributed by atoms with Crippen LogP contribution in [0.3, 0.4) is 0 Å². The SMILES string of the molecule is CC(C)CN(CC(C)C)c1cc2[nH]ncc2cc1N. The fraction of sp³-hybridized carbons (Fsp3) is 0.533. The Morgan fingerprint density at radius 2 is 1.79 bits per heavy atom. The van der Waals surface area contributed by atoms with Gasteiger partial charge in [-0.1, -0.05) is 27.7 Å². The van der Waals surface area contributed by atoms with Crippen molar-refractivity contribution in [2.24, 2.45) is 11.8 Å². The molecule has 4 nitrogen and oxygen atoms in total. The molecule has 1 aromatic heterocycles. The van der Waals surface area contributed by atoms with Crippen molar-refractivity contribution < 1.29 is 0 Å². The van der Waals surface area contributed by atoms with Gasteiger partial charge in [-0.2, -0.15) is 5.10 Å². The highest BCUT2D eigenvalue weighted by atomic mass is 15.1. The molecule has 0 unspecified atom stereocenters. The molecule has 1 heterocycles. The smallest absolute Gasteiger partial charge is 0.0672 e. The maximum absolute atomic E-state index is 6.21. The van der Waals surface area contributed by atoms with Gasteiger partial charge in [-0.3, -0.25) is 5.10 Å². The first-order valence-electron chi connectivity index (χ1n) is 6.95. The Morgan fingerprint density at radius 1 is 1.16 bits per heavy atom. The van der Waals surface area contributed by atoms with E-state index in [-0.39, 0.29) is 0 Å². The second kappa shape index (κ2) is 5.51. The Morgan fingerprint density at radius 3 is 2.37 bits per heavy atom. The number of anilines is 2. The van der Waals surface area contributed by atoms with Crippen molar-refractivity contribution in [1.29, 1.82) is 0 Å². The number of hydrogen-bond donors (Lipinski definition) is 2. The minimum absolute atomic E-state index is 0.607. The summed E-state index contributed by atoms with van der Waals surface area (Å²) < 4.78 is 0. The third-order valence-electron chi connectivity index (χ3n) is 3.10. The molecule has 0 radical (unpaired) electrons. The maximum Gasteiger partial charge on any atom is 0.0672 e. The molecule has 0 fully saturated rings. The first kappa shape index (κ1) is 13.7. The third kappa shape index (κ3) is 3.19. The van der Waals surface area contributed by atoms with Gasteiger partial charge in [0, 0.05) is 18.5 Å². The van der Waals surface area contributed by atoms with E-state index in [9.17, 15) is 0 Å². The Kier molecular flexibility index (Phi) is 3.98. The van der Waals surface area contributed by atoms with Crippen LogP contribution < -0.4 is 10.6 Å². The number of fused-ring (bicyclic) bond motifs is 1. The molecule has 0 aliphatic rings. The molecule has 4 heteroatoms. The van der Waals surface area contributed by atoms with Gasteiger partial charge in [0.2, 0.25) is 0 Å². The van der Waals surface area contributed by atoms with Gasteiger partial charge in [0.15, 0.2) is 0 Å². The number of aromatic nitrogens is 2. The van der Waals surface area contributed by atoms with Crippen molar-refractivity contribution in [1.82, 2.24) is 10.2 Å². The Bertz CT molecular complexity index is 532. The zero-order valence-electron chi connectivity index (χ0n) is 12.3. The Balaban J connectivity index is 2.38. The minimum atomic E-state index is 0.607. The standard InChI is InChI=1S/C15H24N4/c1-10(2)8-19(9-11(3)4)15-6-14-12(5-13(15)16)7-17-18-14/h5-7,10-11H,8-9,16H2,1-4H3,(H,17,18). The number of hydrogen-bond acceptors (Lipinski definition) is 3. The van der Waals surface area contributed by atoms with Crippen LogP contribution in [0.2, 0.25) is 0 Å². The van der Waals surface area contributed by atoms with Crippen LogP contribution in [0.15, 0.2) is 18.3 Å². The van der Waals surface area contributed by atoms with E-state index in [1.165, 1.54) is 0 Å². The number of rotatable bonds is 5. The predicted octanol–water partition coefficient (Wildman–Crippen LogP) is 3.26. The van der Waals surface area contributed by atoms with Gasteiger partial charge < -0.3 is 10.6 Å². The van der Waals surface area contributed by atoms with Gasteiger partial charge in [-0.25, -0.2) is 0 Å².